The summed E-state index contributed by atoms with van der Waals surface area (Å²) in [5, 5.41) is 6.50. The van der Waals surface area contributed by atoms with Crippen LogP contribution in [0.25, 0.3) is 0 Å². The number of carbonyl (C=O) groups excluding carboxylic acids is 2. The number of primary amides is 1. The van der Waals surface area contributed by atoms with Gasteiger partial charge in [0.2, 0.25) is 11.8 Å². The Kier molecular flexibility index (Phi) is 6.34. The smallest absolute Gasteiger partial charge is 0.239 e. The van der Waals surface area contributed by atoms with Crippen LogP contribution in [-0.2, 0) is 9.59 Å². The van der Waals surface area contributed by atoms with Crippen molar-refractivity contribution in [1.82, 2.24) is 10.6 Å². The van der Waals surface area contributed by atoms with Crippen molar-refractivity contribution in [1.29, 1.82) is 0 Å². The Hall–Kier alpha value is -1.70. The Bertz CT molecular complexity index is 581. The lowest BCUT2D eigenvalue weighted by Crippen LogP contribution is -2.50. The summed E-state index contributed by atoms with van der Waals surface area (Å²) >= 11 is 0. The number of nitrogens with two attached hydrogens (primary N) is 2. The first-order valence-electron chi connectivity index (χ1n) is 10.1. The largest absolute Gasteiger partial charge is 0.387 e. The topological polar surface area (TPSA) is 123 Å². The molecule has 7 atom stereocenters. The van der Waals surface area contributed by atoms with Gasteiger partial charge in [-0.3, -0.25) is 14.6 Å². The lowest BCUT2D eigenvalue weighted by molar-refractivity contribution is -0.124. The van der Waals surface area contributed by atoms with Crippen LogP contribution in [-0.4, -0.2) is 48.5 Å². The molecule has 0 aromatic rings. The Morgan fingerprint density at radius 2 is 1.96 bits per heavy atom. The highest BCUT2D eigenvalue weighted by atomic mass is 19.1. The molecule has 2 amide bonds. The van der Waals surface area contributed by atoms with E-state index in [1.165, 1.54) is 0 Å². The molecular formula is C19H32FN5O2. The molecule has 0 spiro atoms. The zero-order chi connectivity index (χ0) is 19.6. The van der Waals surface area contributed by atoms with Crippen LogP contribution in [0.1, 0.15) is 51.9 Å². The number of halogens is 1. The maximum atomic E-state index is 14.2. The molecule has 2 aliphatic carbocycles. The Balaban J connectivity index is 1.53. The Labute approximate surface area is 159 Å². The van der Waals surface area contributed by atoms with Crippen molar-refractivity contribution in [2.24, 2.45) is 34.2 Å². The van der Waals surface area contributed by atoms with Gasteiger partial charge in [-0.2, -0.15) is 0 Å². The van der Waals surface area contributed by atoms with Gasteiger partial charge in [-0.1, -0.05) is 13.3 Å². The lowest BCUT2D eigenvalue weighted by atomic mass is 9.77. The zero-order valence-electron chi connectivity index (χ0n) is 16.0. The summed E-state index contributed by atoms with van der Waals surface area (Å²) < 4.78 is 14.2. The summed E-state index contributed by atoms with van der Waals surface area (Å²) in [6.45, 7) is 2.04. The number of nitrogens with one attached hydrogen (secondary N) is 2. The number of hydrogen-bond donors (Lipinski definition) is 4. The fourth-order valence-electron chi connectivity index (χ4n) is 4.99. The third-order valence-electron chi connectivity index (χ3n) is 6.51. The molecule has 0 aromatic carbocycles. The number of amides is 2. The molecule has 27 heavy (non-hydrogen) atoms. The number of aliphatic imine (C=N–C) groups is 1. The van der Waals surface area contributed by atoms with Crippen molar-refractivity contribution >= 4 is 17.6 Å². The molecule has 5 unspecified atom stereocenters. The summed E-state index contributed by atoms with van der Waals surface area (Å²) in [7, 11) is 0. The fraction of sp³-hybridized carbons (Fsp3) is 0.842. The zero-order valence-corrected chi connectivity index (χ0v) is 16.0. The van der Waals surface area contributed by atoms with Crippen molar-refractivity contribution in [2.75, 3.05) is 6.54 Å². The van der Waals surface area contributed by atoms with Crippen LogP contribution in [0.3, 0.4) is 0 Å². The van der Waals surface area contributed by atoms with Crippen LogP contribution in [0, 0.1) is 17.8 Å². The first-order chi connectivity index (χ1) is 12.8. The third kappa shape index (κ3) is 4.78. The van der Waals surface area contributed by atoms with Gasteiger partial charge in [-0.15, -0.1) is 0 Å². The third-order valence-corrected chi connectivity index (χ3v) is 6.51. The van der Waals surface area contributed by atoms with Crippen LogP contribution >= 0.6 is 0 Å². The van der Waals surface area contributed by atoms with E-state index in [9.17, 15) is 14.0 Å². The van der Waals surface area contributed by atoms with Gasteiger partial charge < -0.3 is 22.1 Å². The van der Waals surface area contributed by atoms with Gasteiger partial charge in [0.25, 0.3) is 0 Å². The molecule has 3 aliphatic rings. The van der Waals surface area contributed by atoms with Crippen molar-refractivity contribution in [3.63, 3.8) is 0 Å². The van der Waals surface area contributed by atoms with Gasteiger partial charge >= 0.3 is 0 Å². The van der Waals surface area contributed by atoms with E-state index in [1.807, 2.05) is 0 Å². The number of rotatable bonds is 5. The highest BCUT2D eigenvalue weighted by Crippen LogP contribution is 2.38. The lowest BCUT2D eigenvalue weighted by Gasteiger charge is -2.33. The summed E-state index contributed by atoms with van der Waals surface area (Å²) in [6.07, 6.45) is 4.68. The molecule has 7 nitrogen and oxygen atoms in total. The van der Waals surface area contributed by atoms with Crippen molar-refractivity contribution < 1.29 is 14.0 Å². The molecule has 6 N–H and O–H groups in total. The number of fused-ring (bicyclic) bond motifs is 1. The van der Waals surface area contributed by atoms with E-state index in [-0.39, 0.29) is 42.4 Å². The molecule has 152 valence electrons. The minimum absolute atomic E-state index is 0.0293. The van der Waals surface area contributed by atoms with Crippen molar-refractivity contribution in [2.45, 2.75) is 76.2 Å². The van der Waals surface area contributed by atoms with E-state index in [0.717, 1.165) is 25.7 Å². The van der Waals surface area contributed by atoms with E-state index >= 15 is 0 Å². The SMILES string of the molecule is CC1CCC(F)C2CC(C(=O)N[C@H]3CCC[C@@H](C(N)=NCC(N)=O)C3)NC12. The molecular weight excluding hydrogens is 349 g/mol. The first kappa shape index (κ1) is 20.0. The molecule has 3 rings (SSSR count). The van der Waals surface area contributed by atoms with Gasteiger partial charge in [0.1, 0.15) is 12.7 Å². The molecule has 0 bridgehead atoms. The average Bonchev–Trinajstić information content (AvgIpc) is 3.10. The minimum Gasteiger partial charge on any atom is -0.387 e. The molecule has 8 heteroatoms. The van der Waals surface area contributed by atoms with E-state index < -0.39 is 12.1 Å². The van der Waals surface area contributed by atoms with Crippen LogP contribution in [0.5, 0.6) is 0 Å². The number of carbonyl (C=O) groups is 2. The maximum absolute atomic E-state index is 14.2. The average molecular weight is 381 g/mol. The predicted octanol–water partition coefficient (Wildman–Crippen LogP) is 0.619. The highest BCUT2D eigenvalue weighted by Gasteiger charge is 2.46. The van der Waals surface area contributed by atoms with Gasteiger partial charge in [-0.05, 0) is 44.4 Å². The van der Waals surface area contributed by atoms with Crippen molar-refractivity contribution in [3.05, 3.63) is 0 Å². The highest BCUT2D eigenvalue weighted by molar-refractivity contribution is 5.86. The summed E-state index contributed by atoms with van der Waals surface area (Å²) in [4.78, 5) is 27.7. The quantitative estimate of drug-likeness (QED) is 0.412. The van der Waals surface area contributed by atoms with Gasteiger partial charge in [-0.25, -0.2) is 4.39 Å². The second-order valence-corrected chi connectivity index (χ2v) is 8.49. The van der Waals surface area contributed by atoms with E-state index in [0.29, 0.717) is 31.0 Å². The molecule has 0 aromatic heterocycles. The molecule has 1 heterocycles. The fourth-order valence-corrected chi connectivity index (χ4v) is 4.99. The predicted molar refractivity (Wildman–Crippen MR) is 102 cm³/mol. The van der Waals surface area contributed by atoms with Crippen LogP contribution < -0.4 is 22.1 Å². The number of hydrogen-bond acceptors (Lipinski definition) is 4. The second-order valence-electron chi connectivity index (χ2n) is 8.49. The van der Waals surface area contributed by atoms with E-state index in [1.54, 1.807) is 0 Å². The Morgan fingerprint density at radius 1 is 1.19 bits per heavy atom. The Morgan fingerprint density at radius 3 is 2.67 bits per heavy atom. The summed E-state index contributed by atoms with van der Waals surface area (Å²) in [6, 6.07) is -0.193. The van der Waals surface area contributed by atoms with Gasteiger partial charge in [0.15, 0.2) is 0 Å². The number of nitrogens with zero attached hydrogens (tertiary/aromatic N) is 1. The van der Waals surface area contributed by atoms with E-state index in [4.69, 9.17) is 11.5 Å². The molecule has 1 saturated heterocycles. The molecule has 1 aliphatic heterocycles. The first-order valence-corrected chi connectivity index (χ1v) is 10.1. The molecule has 3 fully saturated rings. The normalized spacial score (nSPS) is 39.6. The molecule has 2 saturated carbocycles. The van der Waals surface area contributed by atoms with E-state index in [2.05, 4.69) is 22.5 Å². The second kappa shape index (κ2) is 8.54. The van der Waals surface area contributed by atoms with Gasteiger partial charge in [0.05, 0.1) is 11.9 Å². The minimum atomic E-state index is -0.808. The summed E-state index contributed by atoms with van der Waals surface area (Å²) in [5.74, 6) is 0.291. The van der Waals surface area contributed by atoms with Crippen molar-refractivity contribution in [3.8, 4) is 0 Å². The number of amidine groups is 1. The van der Waals surface area contributed by atoms with Crippen LogP contribution in [0.2, 0.25) is 0 Å². The van der Waals surface area contributed by atoms with Crippen LogP contribution in [0.15, 0.2) is 4.99 Å². The molecule has 0 radical (unpaired) electrons. The summed E-state index contributed by atoms with van der Waals surface area (Å²) in [5.41, 5.74) is 11.1. The standard InChI is InChI=1S/C19H32FN5O2/c1-10-5-6-14(20)13-8-15(25-17(10)13)19(27)24-12-4-2-3-11(7-12)18(22)23-9-16(21)26/h10-15,17,25H,2-9H2,1H3,(H2,21,26)(H2,22,23)(H,24,27)/t10?,11-,12+,13?,14?,15?,17?/m1/s1. The van der Waals surface area contributed by atoms with Gasteiger partial charge in [0, 0.05) is 23.9 Å². The van der Waals surface area contributed by atoms with Crippen LogP contribution in [0.4, 0.5) is 4.39 Å². The number of alkyl halides is 1. The maximum Gasteiger partial charge on any atom is 0.239 e. The monoisotopic (exact) mass is 381 g/mol.